The van der Waals surface area contributed by atoms with Crippen LogP contribution in [0.5, 0.6) is 0 Å². The number of hydrogen-bond donors (Lipinski definition) is 1. The third-order valence-corrected chi connectivity index (χ3v) is 3.04. The first kappa shape index (κ1) is 12.9. The van der Waals surface area contributed by atoms with Crippen LogP contribution in [0.15, 0.2) is 0 Å². The fourth-order valence-corrected chi connectivity index (χ4v) is 1.60. The van der Waals surface area contributed by atoms with Gasteiger partial charge in [-0.15, -0.1) is 0 Å². The summed E-state index contributed by atoms with van der Waals surface area (Å²) >= 11 is 0. The largest absolute Gasteiger partial charge is 0.396 e. The molecular formula is C11H24O2. The fourth-order valence-electron chi connectivity index (χ4n) is 1.60. The number of aliphatic hydroxyl groups excluding tert-OH is 1. The summed E-state index contributed by atoms with van der Waals surface area (Å²) in [6.45, 7) is 8.26. The lowest BCUT2D eigenvalue weighted by molar-refractivity contribution is 0.0814. The maximum Gasteiger partial charge on any atom is 0.0487 e. The van der Waals surface area contributed by atoms with E-state index in [-0.39, 0.29) is 5.41 Å². The van der Waals surface area contributed by atoms with E-state index in [2.05, 4.69) is 13.8 Å². The van der Waals surface area contributed by atoms with Crippen molar-refractivity contribution in [1.29, 1.82) is 0 Å². The van der Waals surface area contributed by atoms with Crippen molar-refractivity contribution in [3.63, 3.8) is 0 Å². The molecule has 0 aliphatic heterocycles. The van der Waals surface area contributed by atoms with Crippen LogP contribution in [0.25, 0.3) is 0 Å². The van der Waals surface area contributed by atoms with Gasteiger partial charge in [-0.05, 0) is 38.0 Å². The van der Waals surface area contributed by atoms with E-state index in [4.69, 9.17) is 4.74 Å². The molecule has 0 bridgehead atoms. The van der Waals surface area contributed by atoms with Gasteiger partial charge < -0.3 is 9.84 Å². The van der Waals surface area contributed by atoms with Gasteiger partial charge in [0.25, 0.3) is 0 Å². The number of hydrogen-bond acceptors (Lipinski definition) is 2. The van der Waals surface area contributed by atoms with Crippen LogP contribution in [-0.4, -0.2) is 24.9 Å². The second-order valence-corrected chi connectivity index (χ2v) is 3.67. The van der Waals surface area contributed by atoms with Gasteiger partial charge in [0.1, 0.15) is 0 Å². The minimum Gasteiger partial charge on any atom is -0.396 e. The molecule has 0 amide bonds. The van der Waals surface area contributed by atoms with Crippen LogP contribution in [0.1, 0.15) is 46.5 Å². The topological polar surface area (TPSA) is 29.5 Å². The highest BCUT2D eigenvalue weighted by molar-refractivity contribution is 4.75. The maximum atomic E-state index is 9.29. The summed E-state index contributed by atoms with van der Waals surface area (Å²) < 4.78 is 5.28. The van der Waals surface area contributed by atoms with Crippen LogP contribution in [0.4, 0.5) is 0 Å². The summed E-state index contributed by atoms with van der Waals surface area (Å²) in [5.41, 5.74) is 0.150. The lowest BCUT2D eigenvalue weighted by atomic mass is 9.79. The SMILES string of the molecule is CCOCCCC(CC)(CC)CO. The minimum absolute atomic E-state index is 0.150. The fraction of sp³-hybridized carbons (Fsp3) is 1.00. The van der Waals surface area contributed by atoms with Crippen molar-refractivity contribution in [3.8, 4) is 0 Å². The van der Waals surface area contributed by atoms with Crippen molar-refractivity contribution >= 4 is 0 Å². The molecule has 0 saturated carbocycles. The number of ether oxygens (including phenoxy) is 1. The molecule has 0 rings (SSSR count). The van der Waals surface area contributed by atoms with E-state index in [1.165, 1.54) is 0 Å². The molecule has 0 heterocycles. The first-order valence-electron chi connectivity index (χ1n) is 5.43. The standard InChI is InChI=1S/C11H24O2/c1-4-11(5-2,10-12)8-7-9-13-6-3/h12H,4-10H2,1-3H3. The van der Waals surface area contributed by atoms with Gasteiger partial charge in [-0.3, -0.25) is 0 Å². The summed E-state index contributed by atoms with van der Waals surface area (Å²) in [6.07, 6.45) is 4.27. The van der Waals surface area contributed by atoms with Crippen molar-refractivity contribution < 1.29 is 9.84 Å². The smallest absolute Gasteiger partial charge is 0.0487 e. The summed E-state index contributed by atoms with van der Waals surface area (Å²) in [4.78, 5) is 0. The van der Waals surface area contributed by atoms with E-state index >= 15 is 0 Å². The van der Waals surface area contributed by atoms with Crippen molar-refractivity contribution in [2.45, 2.75) is 46.5 Å². The van der Waals surface area contributed by atoms with E-state index in [1.807, 2.05) is 6.92 Å². The Hall–Kier alpha value is -0.0800. The van der Waals surface area contributed by atoms with E-state index < -0.39 is 0 Å². The molecule has 0 aromatic heterocycles. The van der Waals surface area contributed by atoms with Gasteiger partial charge in [0.2, 0.25) is 0 Å². The van der Waals surface area contributed by atoms with E-state index in [0.717, 1.165) is 38.9 Å². The predicted molar refractivity (Wildman–Crippen MR) is 55.8 cm³/mol. The zero-order chi connectivity index (χ0) is 10.2. The van der Waals surface area contributed by atoms with Crippen LogP contribution in [0.3, 0.4) is 0 Å². The average molecular weight is 188 g/mol. The van der Waals surface area contributed by atoms with Crippen LogP contribution in [0.2, 0.25) is 0 Å². The zero-order valence-corrected chi connectivity index (χ0v) is 9.31. The molecule has 0 aromatic carbocycles. The van der Waals surface area contributed by atoms with E-state index in [1.54, 1.807) is 0 Å². The average Bonchev–Trinajstić information content (AvgIpc) is 2.20. The molecule has 13 heavy (non-hydrogen) atoms. The first-order valence-corrected chi connectivity index (χ1v) is 5.43. The van der Waals surface area contributed by atoms with Gasteiger partial charge >= 0.3 is 0 Å². The van der Waals surface area contributed by atoms with E-state index in [9.17, 15) is 5.11 Å². The van der Waals surface area contributed by atoms with Gasteiger partial charge in [0, 0.05) is 19.8 Å². The Balaban J connectivity index is 3.68. The van der Waals surface area contributed by atoms with Crippen molar-refractivity contribution in [1.82, 2.24) is 0 Å². The van der Waals surface area contributed by atoms with Gasteiger partial charge in [0.05, 0.1) is 0 Å². The zero-order valence-electron chi connectivity index (χ0n) is 9.31. The van der Waals surface area contributed by atoms with Crippen LogP contribution in [0, 0.1) is 5.41 Å². The quantitative estimate of drug-likeness (QED) is 0.593. The van der Waals surface area contributed by atoms with Gasteiger partial charge in [0.15, 0.2) is 0 Å². The molecule has 0 unspecified atom stereocenters. The lowest BCUT2D eigenvalue weighted by Gasteiger charge is -2.29. The Kier molecular flexibility index (Phi) is 7.29. The van der Waals surface area contributed by atoms with Crippen molar-refractivity contribution in [2.75, 3.05) is 19.8 Å². The van der Waals surface area contributed by atoms with Crippen LogP contribution < -0.4 is 0 Å². The monoisotopic (exact) mass is 188 g/mol. The first-order chi connectivity index (χ1) is 6.24. The highest BCUT2D eigenvalue weighted by Crippen LogP contribution is 2.31. The number of rotatable bonds is 8. The lowest BCUT2D eigenvalue weighted by Crippen LogP contribution is -2.24. The van der Waals surface area contributed by atoms with Gasteiger partial charge in [-0.1, -0.05) is 13.8 Å². The minimum atomic E-state index is 0.150. The van der Waals surface area contributed by atoms with E-state index in [0.29, 0.717) is 6.61 Å². The predicted octanol–water partition coefficient (Wildman–Crippen LogP) is 2.60. The molecule has 2 nitrogen and oxygen atoms in total. The summed E-state index contributed by atoms with van der Waals surface area (Å²) in [5, 5.41) is 9.29. The summed E-state index contributed by atoms with van der Waals surface area (Å²) in [7, 11) is 0. The molecule has 0 radical (unpaired) electrons. The Morgan fingerprint density at radius 3 is 2.15 bits per heavy atom. The summed E-state index contributed by atoms with van der Waals surface area (Å²) in [5.74, 6) is 0. The Morgan fingerprint density at radius 2 is 1.77 bits per heavy atom. The molecule has 0 aliphatic carbocycles. The Labute approximate surface area is 82.3 Å². The molecule has 0 aliphatic rings. The molecular weight excluding hydrogens is 164 g/mol. The highest BCUT2D eigenvalue weighted by atomic mass is 16.5. The molecule has 0 spiro atoms. The highest BCUT2D eigenvalue weighted by Gasteiger charge is 2.24. The third-order valence-electron chi connectivity index (χ3n) is 3.04. The number of aliphatic hydroxyl groups is 1. The second kappa shape index (κ2) is 7.34. The molecule has 0 fully saturated rings. The Morgan fingerprint density at radius 1 is 1.15 bits per heavy atom. The van der Waals surface area contributed by atoms with Crippen molar-refractivity contribution in [2.24, 2.45) is 5.41 Å². The molecule has 80 valence electrons. The normalized spacial score (nSPS) is 12.0. The molecule has 0 atom stereocenters. The molecule has 0 aromatic rings. The molecule has 0 saturated heterocycles. The van der Waals surface area contributed by atoms with Crippen molar-refractivity contribution in [3.05, 3.63) is 0 Å². The van der Waals surface area contributed by atoms with Crippen LogP contribution in [-0.2, 0) is 4.74 Å². The van der Waals surface area contributed by atoms with Gasteiger partial charge in [-0.2, -0.15) is 0 Å². The third kappa shape index (κ3) is 4.63. The second-order valence-electron chi connectivity index (χ2n) is 3.67. The van der Waals surface area contributed by atoms with Gasteiger partial charge in [-0.25, -0.2) is 0 Å². The van der Waals surface area contributed by atoms with Crippen LogP contribution >= 0.6 is 0 Å². The maximum absolute atomic E-state index is 9.29. The Bertz CT molecular complexity index is 100. The summed E-state index contributed by atoms with van der Waals surface area (Å²) in [6, 6.07) is 0. The molecule has 1 N–H and O–H groups in total. The molecule has 2 heteroatoms.